The van der Waals surface area contributed by atoms with E-state index < -0.39 is 6.10 Å². The molecule has 0 fully saturated rings. The maximum Gasteiger partial charge on any atom is 0.123 e. The Bertz CT molecular complexity index is 374. The van der Waals surface area contributed by atoms with Crippen LogP contribution in [-0.4, -0.2) is 5.11 Å². The molecule has 1 unspecified atom stereocenters. The minimum absolute atomic E-state index is 0.325. The Kier molecular flexibility index (Phi) is 3.67. The summed E-state index contributed by atoms with van der Waals surface area (Å²) in [5.74, 6) is 5.14. The quantitative estimate of drug-likeness (QED) is 0.714. The number of hydrogen-bond acceptors (Lipinski definition) is 1. The summed E-state index contributed by atoms with van der Waals surface area (Å²) in [5.41, 5.74) is 1.50. The minimum Gasteiger partial charge on any atom is -0.387 e. The smallest absolute Gasteiger partial charge is 0.123 e. The van der Waals surface area contributed by atoms with Crippen molar-refractivity contribution in [1.29, 1.82) is 0 Å². The lowest BCUT2D eigenvalue weighted by Crippen LogP contribution is -1.99. The van der Waals surface area contributed by atoms with E-state index in [-0.39, 0.29) is 5.82 Å². The van der Waals surface area contributed by atoms with Crippen LogP contribution in [0.25, 0.3) is 0 Å². The minimum atomic E-state index is -0.696. The maximum absolute atomic E-state index is 12.9. The molecule has 0 aliphatic heterocycles. The van der Waals surface area contributed by atoms with E-state index in [9.17, 15) is 9.50 Å². The molecule has 0 amide bonds. The molecule has 0 spiro atoms. The molecular formula is C12H13FO. The molecule has 14 heavy (non-hydrogen) atoms. The lowest BCUT2D eigenvalue weighted by molar-refractivity contribution is 0.183. The number of hydrogen-bond donors (Lipinski definition) is 1. The molecule has 0 aliphatic rings. The standard InChI is InChI=1S/C12H13FO/c1-3-4-5-12(14)11-8-10(13)7-6-9(11)2/h6-8,12,14H,5H2,1-2H3. The summed E-state index contributed by atoms with van der Waals surface area (Å²) >= 11 is 0. The highest BCUT2D eigenvalue weighted by Crippen LogP contribution is 2.20. The predicted octanol–water partition coefficient (Wildman–Crippen LogP) is 2.58. The second kappa shape index (κ2) is 4.78. The van der Waals surface area contributed by atoms with Crippen LogP contribution < -0.4 is 0 Å². The Balaban J connectivity index is 2.91. The van der Waals surface area contributed by atoms with E-state index in [1.165, 1.54) is 12.1 Å². The third-order valence-corrected chi connectivity index (χ3v) is 2.07. The SMILES string of the molecule is CC#CCC(O)c1cc(F)ccc1C. The second-order valence-corrected chi connectivity index (χ2v) is 3.15. The molecule has 74 valence electrons. The van der Waals surface area contributed by atoms with Crippen LogP contribution in [0.5, 0.6) is 0 Å². The van der Waals surface area contributed by atoms with Gasteiger partial charge >= 0.3 is 0 Å². The van der Waals surface area contributed by atoms with Gasteiger partial charge in [-0.15, -0.1) is 11.8 Å². The van der Waals surface area contributed by atoms with Crippen molar-refractivity contribution in [3.63, 3.8) is 0 Å². The van der Waals surface area contributed by atoms with E-state index in [1.54, 1.807) is 13.0 Å². The molecule has 2 heteroatoms. The van der Waals surface area contributed by atoms with Crippen LogP contribution in [0, 0.1) is 24.6 Å². The van der Waals surface area contributed by atoms with Crippen LogP contribution in [0.4, 0.5) is 4.39 Å². The molecule has 1 atom stereocenters. The van der Waals surface area contributed by atoms with Crippen LogP contribution in [0.3, 0.4) is 0 Å². The average Bonchev–Trinajstić information content (AvgIpc) is 2.18. The summed E-state index contributed by atoms with van der Waals surface area (Å²) in [5, 5.41) is 9.69. The van der Waals surface area contributed by atoms with E-state index >= 15 is 0 Å². The monoisotopic (exact) mass is 192 g/mol. The highest BCUT2D eigenvalue weighted by Gasteiger charge is 2.09. The summed E-state index contributed by atoms with van der Waals surface area (Å²) in [6.45, 7) is 3.56. The first-order chi connectivity index (χ1) is 6.65. The molecular weight excluding hydrogens is 179 g/mol. The zero-order valence-electron chi connectivity index (χ0n) is 8.34. The van der Waals surface area contributed by atoms with Gasteiger partial charge in [0.05, 0.1) is 6.10 Å². The van der Waals surface area contributed by atoms with Crippen molar-refractivity contribution in [2.45, 2.75) is 26.4 Å². The molecule has 0 saturated carbocycles. The molecule has 1 aromatic rings. The fourth-order valence-corrected chi connectivity index (χ4v) is 1.28. The zero-order valence-corrected chi connectivity index (χ0v) is 8.34. The fourth-order valence-electron chi connectivity index (χ4n) is 1.28. The van der Waals surface area contributed by atoms with Crippen molar-refractivity contribution in [3.05, 3.63) is 35.1 Å². The summed E-state index contributed by atoms with van der Waals surface area (Å²) in [6.07, 6.45) is -0.348. The van der Waals surface area contributed by atoms with Crippen LogP contribution in [0.1, 0.15) is 30.6 Å². The molecule has 0 aromatic heterocycles. The Morgan fingerprint density at radius 2 is 2.21 bits per heavy atom. The first-order valence-electron chi connectivity index (χ1n) is 4.49. The topological polar surface area (TPSA) is 20.2 Å². The Hall–Kier alpha value is -1.33. The van der Waals surface area contributed by atoms with Crippen molar-refractivity contribution in [3.8, 4) is 11.8 Å². The van der Waals surface area contributed by atoms with E-state index in [0.29, 0.717) is 12.0 Å². The first kappa shape index (κ1) is 10.7. The third-order valence-electron chi connectivity index (χ3n) is 2.07. The number of aryl methyl sites for hydroxylation is 1. The molecule has 1 aromatic carbocycles. The van der Waals surface area contributed by atoms with Crippen molar-refractivity contribution < 1.29 is 9.50 Å². The van der Waals surface area contributed by atoms with Gasteiger partial charge in [-0.05, 0) is 37.1 Å². The average molecular weight is 192 g/mol. The first-order valence-corrected chi connectivity index (χ1v) is 4.49. The Morgan fingerprint density at radius 3 is 2.86 bits per heavy atom. The van der Waals surface area contributed by atoms with Gasteiger partial charge in [0.2, 0.25) is 0 Å². The van der Waals surface area contributed by atoms with E-state index in [2.05, 4.69) is 11.8 Å². The zero-order chi connectivity index (χ0) is 10.6. The van der Waals surface area contributed by atoms with Crippen molar-refractivity contribution in [2.75, 3.05) is 0 Å². The van der Waals surface area contributed by atoms with Crippen LogP contribution >= 0.6 is 0 Å². The number of halogens is 1. The number of aliphatic hydroxyl groups is 1. The van der Waals surface area contributed by atoms with Gasteiger partial charge in [0.25, 0.3) is 0 Å². The highest BCUT2D eigenvalue weighted by molar-refractivity contribution is 5.29. The molecule has 1 rings (SSSR count). The molecule has 0 bridgehead atoms. The lowest BCUT2D eigenvalue weighted by atomic mass is 10.0. The van der Waals surface area contributed by atoms with E-state index in [1.807, 2.05) is 6.92 Å². The van der Waals surface area contributed by atoms with Gasteiger partial charge in [-0.3, -0.25) is 0 Å². The fraction of sp³-hybridized carbons (Fsp3) is 0.333. The maximum atomic E-state index is 12.9. The molecule has 0 aliphatic carbocycles. The van der Waals surface area contributed by atoms with Crippen LogP contribution in [0.2, 0.25) is 0 Å². The number of aliphatic hydroxyl groups excluding tert-OH is 1. The lowest BCUT2D eigenvalue weighted by Gasteiger charge is -2.10. The van der Waals surface area contributed by atoms with Crippen LogP contribution in [0.15, 0.2) is 18.2 Å². The van der Waals surface area contributed by atoms with Crippen molar-refractivity contribution in [1.82, 2.24) is 0 Å². The third kappa shape index (κ3) is 2.58. The second-order valence-electron chi connectivity index (χ2n) is 3.15. The Labute approximate surface area is 83.6 Å². The van der Waals surface area contributed by atoms with Crippen LogP contribution in [-0.2, 0) is 0 Å². The van der Waals surface area contributed by atoms with Crippen molar-refractivity contribution in [2.24, 2.45) is 0 Å². The van der Waals surface area contributed by atoms with Gasteiger partial charge in [0.15, 0.2) is 0 Å². The van der Waals surface area contributed by atoms with E-state index in [4.69, 9.17) is 0 Å². The molecule has 1 nitrogen and oxygen atoms in total. The molecule has 0 heterocycles. The van der Waals surface area contributed by atoms with Crippen molar-refractivity contribution >= 4 is 0 Å². The van der Waals surface area contributed by atoms with Gasteiger partial charge < -0.3 is 5.11 Å². The van der Waals surface area contributed by atoms with Gasteiger partial charge in [-0.2, -0.15) is 0 Å². The largest absolute Gasteiger partial charge is 0.387 e. The summed E-state index contributed by atoms with van der Waals surface area (Å²) < 4.78 is 12.9. The van der Waals surface area contributed by atoms with Gasteiger partial charge in [0, 0.05) is 6.42 Å². The summed E-state index contributed by atoms with van der Waals surface area (Å²) in [6, 6.07) is 4.40. The van der Waals surface area contributed by atoms with Gasteiger partial charge in [0.1, 0.15) is 5.82 Å². The number of rotatable bonds is 2. The van der Waals surface area contributed by atoms with Gasteiger partial charge in [-0.1, -0.05) is 6.07 Å². The number of benzene rings is 1. The van der Waals surface area contributed by atoms with E-state index in [0.717, 1.165) is 5.56 Å². The predicted molar refractivity (Wildman–Crippen MR) is 54.2 cm³/mol. The molecule has 0 saturated heterocycles. The summed E-state index contributed by atoms with van der Waals surface area (Å²) in [7, 11) is 0. The summed E-state index contributed by atoms with van der Waals surface area (Å²) in [4.78, 5) is 0. The highest BCUT2D eigenvalue weighted by atomic mass is 19.1. The normalized spacial score (nSPS) is 11.7. The van der Waals surface area contributed by atoms with Gasteiger partial charge in [-0.25, -0.2) is 4.39 Å². The molecule has 0 radical (unpaired) electrons. The molecule has 1 N–H and O–H groups in total. The Morgan fingerprint density at radius 1 is 1.50 bits per heavy atom.